The molecule has 0 heterocycles. The molecule has 1 N–H and O–H groups in total. The quantitative estimate of drug-likeness (QED) is 0.768. The van der Waals surface area contributed by atoms with Crippen LogP contribution >= 0.6 is 0 Å². The van der Waals surface area contributed by atoms with Crippen molar-refractivity contribution >= 4 is 5.97 Å². The third-order valence-corrected chi connectivity index (χ3v) is 3.07. The molecule has 1 rings (SSSR count). The lowest BCUT2D eigenvalue weighted by atomic mass is 9.97. The molecule has 0 radical (unpaired) electrons. The summed E-state index contributed by atoms with van der Waals surface area (Å²) in [5, 5.41) is 8.37. The standard InChI is InChI=1S/C10H14F4O2/c11-9(10(12,13)14)5-4-7(6-9)2-1-3-8(15)16/h7H,1-6H2,(H,15,16). The molecule has 0 saturated heterocycles. The van der Waals surface area contributed by atoms with Gasteiger partial charge in [-0.2, -0.15) is 13.2 Å². The number of carboxylic acid groups (broad SMARTS) is 1. The van der Waals surface area contributed by atoms with E-state index in [1.165, 1.54) is 0 Å². The molecule has 6 heteroatoms. The summed E-state index contributed by atoms with van der Waals surface area (Å²) in [5.41, 5.74) is -3.05. The number of hydrogen-bond acceptors (Lipinski definition) is 1. The van der Waals surface area contributed by atoms with Crippen LogP contribution in [0.25, 0.3) is 0 Å². The van der Waals surface area contributed by atoms with Crippen molar-refractivity contribution in [2.24, 2.45) is 5.92 Å². The summed E-state index contributed by atoms with van der Waals surface area (Å²) in [6, 6.07) is 0. The Labute approximate surface area is 90.6 Å². The number of halogens is 4. The number of carbonyl (C=O) groups is 1. The van der Waals surface area contributed by atoms with Crippen LogP contribution in [0, 0.1) is 5.92 Å². The minimum Gasteiger partial charge on any atom is -0.481 e. The van der Waals surface area contributed by atoms with Gasteiger partial charge < -0.3 is 5.11 Å². The summed E-state index contributed by atoms with van der Waals surface area (Å²) in [4.78, 5) is 10.2. The maximum Gasteiger partial charge on any atom is 0.422 e. The summed E-state index contributed by atoms with van der Waals surface area (Å²) in [6.07, 6.45) is -5.02. The summed E-state index contributed by atoms with van der Waals surface area (Å²) in [6.45, 7) is 0. The molecule has 1 aliphatic rings. The molecule has 0 aromatic carbocycles. The van der Waals surface area contributed by atoms with E-state index in [1.807, 2.05) is 0 Å². The second-order valence-corrected chi connectivity index (χ2v) is 4.36. The molecule has 94 valence electrons. The fraction of sp³-hybridized carbons (Fsp3) is 0.900. The number of carboxylic acids is 1. The first-order valence-electron chi connectivity index (χ1n) is 5.22. The molecule has 1 aliphatic carbocycles. The zero-order chi connectivity index (χ0) is 12.4. The van der Waals surface area contributed by atoms with Crippen molar-refractivity contribution in [3.05, 3.63) is 0 Å². The molecule has 1 saturated carbocycles. The third-order valence-electron chi connectivity index (χ3n) is 3.07. The van der Waals surface area contributed by atoms with Gasteiger partial charge in [0.2, 0.25) is 5.67 Å². The third kappa shape index (κ3) is 3.09. The highest BCUT2D eigenvalue weighted by Gasteiger charge is 2.58. The highest BCUT2D eigenvalue weighted by Crippen LogP contribution is 2.49. The molecule has 0 bridgehead atoms. The zero-order valence-corrected chi connectivity index (χ0v) is 8.69. The van der Waals surface area contributed by atoms with Gasteiger partial charge in [0.15, 0.2) is 0 Å². The fourth-order valence-electron chi connectivity index (χ4n) is 2.14. The molecular weight excluding hydrogens is 228 g/mol. The van der Waals surface area contributed by atoms with Gasteiger partial charge >= 0.3 is 12.1 Å². The van der Waals surface area contributed by atoms with Gasteiger partial charge in [-0.05, 0) is 38.0 Å². The number of rotatable bonds is 4. The van der Waals surface area contributed by atoms with E-state index < -0.39 is 30.7 Å². The second-order valence-electron chi connectivity index (χ2n) is 4.36. The van der Waals surface area contributed by atoms with Crippen LogP contribution in [-0.4, -0.2) is 22.9 Å². The van der Waals surface area contributed by atoms with E-state index in [9.17, 15) is 22.4 Å². The van der Waals surface area contributed by atoms with Gasteiger partial charge in [0.25, 0.3) is 0 Å². The molecule has 0 aromatic heterocycles. The van der Waals surface area contributed by atoms with Crippen molar-refractivity contribution in [1.82, 2.24) is 0 Å². The molecular formula is C10H14F4O2. The Bertz CT molecular complexity index is 264. The number of hydrogen-bond donors (Lipinski definition) is 1. The van der Waals surface area contributed by atoms with Crippen molar-refractivity contribution in [3.8, 4) is 0 Å². The van der Waals surface area contributed by atoms with Gasteiger partial charge in [0.1, 0.15) is 0 Å². The lowest BCUT2D eigenvalue weighted by Crippen LogP contribution is -2.38. The van der Waals surface area contributed by atoms with Gasteiger partial charge in [-0.3, -0.25) is 4.79 Å². The predicted octanol–water partition coefficient (Wildman–Crippen LogP) is 3.31. The zero-order valence-electron chi connectivity index (χ0n) is 8.69. The fourth-order valence-corrected chi connectivity index (χ4v) is 2.14. The Morgan fingerprint density at radius 1 is 1.44 bits per heavy atom. The molecule has 0 amide bonds. The largest absolute Gasteiger partial charge is 0.481 e. The maximum atomic E-state index is 13.4. The van der Waals surface area contributed by atoms with Gasteiger partial charge in [0, 0.05) is 6.42 Å². The normalized spacial score (nSPS) is 30.6. The topological polar surface area (TPSA) is 37.3 Å². The van der Waals surface area contributed by atoms with Gasteiger partial charge in [-0.15, -0.1) is 0 Å². The Morgan fingerprint density at radius 2 is 2.06 bits per heavy atom. The van der Waals surface area contributed by atoms with E-state index in [1.54, 1.807) is 0 Å². The Morgan fingerprint density at radius 3 is 2.50 bits per heavy atom. The highest BCUT2D eigenvalue weighted by molar-refractivity contribution is 5.66. The molecule has 0 aromatic rings. The molecule has 2 unspecified atom stereocenters. The van der Waals surface area contributed by atoms with E-state index in [2.05, 4.69) is 0 Å². The van der Waals surface area contributed by atoms with Gasteiger partial charge in [-0.25, -0.2) is 4.39 Å². The molecule has 1 fully saturated rings. The van der Waals surface area contributed by atoms with Crippen molar-refractivity contribution in [3.63, 3.8) is 0 Å². The smallest absolute Gasteiger partial charge is 0.422 e. The van der Waals surface area contributed by atoms with Gasteiger partial charge in [-0.1, -0.05) is 0 Å². The summed E-state index contributed by atoms with van der Waals surface area (Å²) < 4.78 is 50.3. The number of aliphatic carboxylic acids is 1. The SMILES string of the molecule is O=C(O)CCCC1CCC(F)(C(F)(F)F)C1. The van der Waals surface area contributed by atoms with Crippen LogP contribution in [0.15, 0.2) is 0 Å². The van der Waals surface area contributed by atoms with Crippen molar-refractivity contribution in [2.75, 3.05) is 0 Å². The Kier molecular flexibility index (Phi) is 3.80. The van der Waals surface area contributed by atoms with Crippen LogP contribution in [0.4, 0.5) is 17.6 Å². The summed E-state index contributed by atoms with van der Waals surface area (Å²) >= 11 is 0. The van der Waals surface area contributed by atoms with E-state index in [0.29, 0.717) is 12.8 Å². The number of alkyl halides is 4. The molecule has 0 aliphatic heterocycles. The van der Waals surface area contributed by atoms with E-state index in [-0.39, 0.29) is 18.8 Å². The first-order valence-corrected chi connectivity index (χ1v) is 5.22. The highest BCUT2D eigenvalue weighted by atomic mass is 19.4. The van der Waals surface area contributed by atoms with Crippen molar-refractivity contribution < 1.29 is 27.5 Å². The first-order chi connectivity index (χ1) is 7.24. The minimum absolute atomic E-state index is 0.0677. The predicted molar refractivity (Wildman–Crippen MR) is 48.7 cm³/mol. The van der Waals surface area contributed by atoms with Crippen LogP contribution in [0.2, 0.25) is 0 Å². The Balaban J connectivity index is 2.38. The van der Waals surface area contributed by atoms with E-state index >= 15 is 0 Å². The van der Waals surface area contributed by atoms with Crippen LogP contribution in [0.5, 0.6) is 0 Å². The second kappa shape index (κ2) is 4.59. The molecule has 2 nitrogen and oxygen atoms in total. The molecule has 2 atom stereocenters. The van der Waals surface area contributed by atoms with Crippen LogP contribution in [0.1, 0.15) is 38.5 Å². The first kappa shape index (κ1) is 13.3. The lowest BCUT2D eigenvalue weighted by molar-refractivity contribution is -0.228. The molecule has 0 spiro atoms. The van der Waals surface area contributed by atoms with Crippen molar-refractivity contribution in [2.45, 2.75) is 50.4 Å². The minimum atomic E-state index is -4.80. The van der Waals surface area contributed by atoms with E-state index in [4.69, 9.17) is 5.11 Å². The van der Waals surface area contributed by atoms with Crippen molar-refractivity contribution in [1.29, 1.82) is 0 Å². The van der Waals surface area contributed by atoms with E-state index in [0.717, 1.165) is 0 Å². The molecule has 16 heavy (non-hydrogen) atoms. The average molecular weight is 242 g/mol. The average Bonchev–Trinajstić information content (AvgIpc) is 2.47. The summed E-state index contributed by atoms with van der Waals surface area (Å²) in [7, 11) is 0. The summed E-state index contributed by atoms with van der Waals surface area (Å²) in [5.74, 6) is -1.31. The lowest BCUT2D eigenvalue weighted by Gasteiger charge is -2.22. The van der Waals surface area contributed by atoms with Crippen LogP contribution in [0.3, 0.4) is 0 Å². The Hall–Kier alpha value is -0.810. The maximum absolute atomic E-state index is 13.4. The van der Waals surface area contributed by atoms with Crippen LogP contribution < -0.4 is 0 Å². The monoisotopic (exact) mass is 242 g/mol. The van der Waals surface area contributed by atoms with Crippen LogP contribution in [-0.2, 0) is 4.79 Å². The van der Waals surface area contributed by atoms with Gasteiger partial charge in [0.05, 0.1) is 0 Å².